The molecule has 29 heavy (non-hydrogen) atoms. The molecule has 142 valence electrons. The average molecular weight is 391 g/mol. The molecule has 0 saturated heterocycles. The maximum Gasteiger partial charge on any atom is 0.263 e. The first-order valence-electron chi connectivity index (χ1n) is 8.52. The Kier molecular flexibility index (Phi) is 3.98. The molecule has 3 heterocycles. The van der Waals surface area contributed by atoms with Crippen molar-refractivity contribution in [1.29, 1.82) is 0 Å². The van der Waals surface area contributed by atoms with Crippen LogP contribution in [-0.2, 0) is 0 Å². The third-order valence-corrected chi connectivity index (χ3v) is 4.28. The van der Waals surface area contributed by atoms with Gasteiger partial charge in [-0.1, -0.05) is 10.3 Å². The van der Waals surface area contributed by atoms with E-state index in [-0.39, 0.29) is 17.0 Å². The first-order chi connectivity index (χ1) is 14.2. The zero-order chi connectivity index (χ0) is 19.8. The largest absolute Gasteiger partial charge is 0.356 e. The van der Waals surface area contributed by atoms with E-state index in [1.54, 1.807) is 12.3 Å². The highest BCUT2D eigenvalue weighted by Gasteiger charge is 2.18. The molecule has 0 radical (unpaired) electrons. The summed E-state index contributed by atoms with van der Waals surface area (Å²) in [6.45, 7) is 0. The molecule has 0 fully saturated rings. The molecule has 0 aliphatic carbocycles. The number of nitrogens with one attached hydrogen (secondary N) is 1. The SMILES string of the molecule is Fc1cc(F)cc(-c2noc3ncnc(Nc4ccc(-c5ccno5)cc4)c23)c1. The second-order valence-electron chi connectivity index (χ2n) is 6.17. The third-order valence-electron chi connectivity index (χ3n) is 4.28. The van der Waals surface area contributed by atoms with Crippen molar-refractivity contribution < 1.29 is 17.8 Å². The smallest absolute Gasteiger partial charge is 0.263 e. The average Bonchev–Trinajstić information content (AvgIpc) is 3.38. The van der Waals surface area contributed by atoms with Crippen LogP contribution in [0.4, 0.5) is 20.3 Å². The predicted molar refractivity (Wildman–Crippen MR) is 100 cm³/mol. The van der Waals surface area contributed by atoms with Gasteiger partial charge < -0.3 is 14.4 Å². The van der Waals surface area contributed by atoms with Crippen molar-refractivity contribution in [3.63, 3.8) is 0 Å². The van der Waals surface area contributed by atoms with E-state index >= 15 is 0 Å². The third kappa shape index (κ3) is 3.18. The molecule has 5 rings (SSSR count). The van der Waals surface area contributed by atoms with E-state index in [9.17, 15) is 8.78 Å². The van der Waals surface area contributed by atoms with Gasteiger partial charge >= 0.3 is 0 Å². The van der Waals surface area contributed by atoms with Gasteiger partial charge in [0.25, 0.3) is 5.71 Å². The molecule has 3 aromatic heterocycles. The number of hydrogen-bond donors (Lipinski definition) is 1. The maximum atomic E-state index is 13.7. The number of benzene rings is 2. The zero-order valence-corrected chi connectivity index (χ0v) is 14.6. The number of fused-ring (bicyclic) bond motifs is 1. The molecule has 5 aromatic rings. The molecule has 0 saturated carbocycles. The monoisotopic (exact) mass is 391 g/mol. The van der Waals surface area contributed by atoms with E-state index in [1.165, 1.54) is 18.5 Å². The van der Waals surface area contributed by atoms with E-state index in [0.29, 0.717) is 17.0 Å². The summed E-state index contributed by atoms with van der Waals surface area (Å²) in [6.07, 6.45) is 2.89. The fraction of sp³-hybridized carbons (Fsp3) is 0. The maximum absolute atomic E-state index is 13.7. The van der Waals surface area contributed by atoms with Crippen LogP contribution in [0.1, 0.15) is 0 Å². The molecule has 0 bridgehead atoms. The van der Waals surface area contributed by atoms with Crippen LogP contribution in [0.3, 0.4) is 0 Å². The molecule has 0 amide bonds. The van der Waals surface area contributed by atoms with Crippen molar-refractivity contribution in [2.75, 3.05) is 5.32 Å². The second-order valence-corrected chi connectivity index (χ2v) is 6.17. The zero-order valence-electron chi connectivity index (χ0n) is 14.6. The summed E-state index contributed by atoms with van der Waals surface area (Å²) in [6, 6.07) is 12.3. The molecule has 0 aliphatic rings. The molecule has 0 atom stereocenters. The number of nitrogens with zero attached hydrogens (tertiary/aromatic N) is 4. The molecule has 0 unspecified atom stereocenters. The highest BCUT2D eigenvalue weighted by Crippen LogP contribution is 2.33. The van der Waals surface area contributed by atoms with Gasteiger partial charge in [0.1, 0.15) is 34.9 Å². The number of aromatic nitrogens is 4. The lowest BCUT2D eigenvalue weighted by Gasteiger charge is -2.07. The van der Waals surface area contributed by atoms with Gasteiger partial charge in [-0.3, -0.25) is 0 Å². The fourth-order valence-electron chi connectivity index (χ4n) is 2.99. The number of hydrogen-bond acceptors (Lipinski definition) is 7. The second kappa shape index (κ2) is 6.79. The van der Waals surface area contributed by atoms with Crippen LogP contribution in [0.15, 0.2) is 70.1 Å². The molecule has 0 aliphatic heterocycles. The number of anilines is 2. The van der Waals surface area contributed by atoms with Crippen molar-refractivity contribution in [3.8, 4) is 22.6 Å². The Balaban J connectivity index is 1.54. The van der Waals surface area contributed by atoms with Gasteiger partial charge in [0.05, 0.1) is 6.20 Å². The molecule has 7 nitrogen and oxygen atoms in total. The Morgan fingerprint density at radius 3 is 2.34 bits per heavy atom. The van der Waals surface area contributed by atoms with Crippen LogP contribution in [0.2, 0.25) is 0 Å². The van der Waals surface area contributed by atoms with Crippen LogP contribution >= 0.6 is 0 Å². The van der Waals surface area contributed by atoms with Crippen LogP contribution in [0, 0.1) is 11.6 Å². The summed E-state index contributed by atoms with van der Waals surface area (Å²) in [7, 11) is 0. The lowest BCUT2D eigenvalue weighted by molar-refractivity contribution is 0.432. The first kappa shape index (κ1) is 17.0. The van der Waals surface area contributed by atoms with Crippen molar-refractivity contribution in [2.45, 2.75) is 0 Å². The summed E-state index contributed by atoms with van der Waals surface area (Å²) < 4.78 is 37.7. The Hall–Kier alpha value is -4.14. The minimum absolute atomic E-state index is 0.195. The summed E-state index contributed by atoms with van der Waals surface area (Å²) in [5, 5.41) is 11.2. The van der Waals surface area contributed by atoms with E-state index in [2.05, 4.69) is 25.6 Å². The molecular weight excluding hydrogens is 380 g/mol. The Morgan fingerprint density at radius 1 is 0.828 bits per heavy atom. The van der Waals surface area contributed by atoms with Crippen molar-refractivity contribution in [1.82, 2.24) is 20.3 Å². The van der Waals surface area contributed by atoms with Crippen molar-refractivity contribution >= 4 is 22.6 Å². The predicted octanol–water partition coefficient (Wildman–Crippen LogP) is 4.96. The van der Waals surface area contributed by atoms with Gasteiger partial charge in [0.15, 0.2) is 5.76 Å². The Labute approximate surface area is 162 Å². The van der Waals surface area contributed by atoms with Crippen LogP contribution < -0.4 is 5.32 Å². The lowest BCUT2D eigenvalue weighted by Crippen LogP contribution is -1.96. The Morgan fingerprint density at radius 2 is 1.62 bits per heavy atom. The van der Waals surface area contributed by atoms with Gasteiger partial charge in [-0.05, 0) is 36.4 Å². The van der Waals surface area contributed by atoms with Crippen molar-refractivity contribution in [3.05, 3.63) is 72.7 Å². The number of rotatable bonds is 4. The van der Waals surface area contributed by atoms with Crippen LogP contribution in [-0.4, -0.2) is 20.3 Å². The highest BCUT2D eigenvalue weighted by atomic mass is 19.1. The first-order valence-corrected chi connectivity index (χ1v) is 8.52. The van der Waals surface area contributed by atoms with Crippen LogP contribution in [0.25, 0.3) is 33.7 Å². The van der Waals surface area contributed by atoms with E-state index in [0.717, 1.165) is 17.3 Å². The normalized spacial score (nSPS) is 11.1. The minimum Gasteiger partial charge on any atom is -0.356 e. The van der Waals surface area contributed by atoms with Gasteiger partial charge in [-0.15, -0.1) is 0 Å². The van der Waals surface area contributed by atoms with Gasteiger partial charge in [0.2, 0.25) is 0 Å². The van der Waals surface area contributed by atoms with E-state index in [1.807, 2.05) is 24.3 Å². The van der Waals surface area contributed by atoms with E-state index in [4.69, 9.17) is 9.05 Å². The van der Waals surface area contributed by atoms with Crippen LogP contribution in [0.5, 0.6) is 0 Å². The Bertz CT molecular complexity index is 1280. The quantitative estimate of drug-likeness (QED) is 0.463. The highest BCUT2D eigenvalue weighted by molar-refractivity contribution is 5.98. The fourth-order valence-corrected chi connectivity index (χ4v) is 2.99. The topological polar surface area (TPSA) is 89.9 Å². The van der Waals surface area contributed by atoms with Gasteiger partial charge in [-0.25, -0.2) is 13.8 Å². The van der Waals surface area contributed by atoms with E-state index < -0.39 is 11.6 Å². The number of halogens is 2. The molecular formula is C20H11F2N5O2. The lowest BCUT2D eigenvalue weighted by atomic mass is 10.1. The summed E-state index contributed by atoms with van der Waals surface area (Å²) in [5.41, 5.74) is 2.24. The summed E-state index contributed by atoms with van der Waals surface area (Å²) in [4.78, 5) is 8.27. The molecule has 1 N–H and O–H groups in total. The molecule has 2 aromatic carbocycles. The summed E-state index contributed by atoms with van der Waals surface area (Å²) in [5.74, 6) is -0.394. The molecule has 9 heteroatoms. The van der Waals surface area contributed by atoms with Gasteiger partial charge in [0, 0.05) is 28.9 Å². The summed E-state index contributed by atoms with van der Waals surface area (Å²) >= 11 is 0. The van der Waals surface area contributed by atoms with Gasteiger partial charge in [-0.2, -0.15) is 4.98 Å². The molecule has 0 spiro atoms. The minimum atomic E-state index is -0.717. The standard InChI is InChI=1S/C20H11F2N5O2/c21-13-7-12(8-14(22)9-13)18-17-19(23-10-24-20(17)29-27-18)26-15-3-1-11(2-4-15)16-5-6-25-28-16/h1-10H,(H,23,24,26). The van der Waals surface area contributed by atoms with Crippen molar-refractivity contribution in [2.24, 2.45) is 0 Å².